The average Bonchev–Trinajstić information content (AvgIpc) is 2.90. The van der Waals surface area contributed by atoms with Crippen molar-refractivity contribution in [3.8, 4) is 22.9 Å². The third-order valence-electron chi connectivity index (χ3n) is 4.79. The number of hydrogen-bond acceptors (Lipinski definition) is 7. The van der Waals surface area contributed by atoms with Crippen LogP contribution in [0.5, 0.6) is 11.6 Å². The van der Waals surface area contributed by atoms with E-state index < -0.39 is 6.23 Å². The lowest BCUT2D eigenvalue weighted by atomic mass is 10.1. The summed E-state index contributed by atoms with van der Waals surface area (Å²) in [5.74, 6) is 1.57. The number of nitrogens with zero attached hydrogens (tertiary/aromatic N) is 3. The Hall–Kier alpha value is -2.32. The molecule has 30 heavy (non-hydrogen) atoms. The Balaban J connectivity index is 1.66. The third-order valence-corrected chi connectivity index (χ3v) is 6.21. The van der Waals surface area contributed by atoms with Gasteiger partial charge in [-0.15, -0.1) is 10.2 Å². The first kappa shape index (κ1) is 20.9. The van der Waals surface area contributed by atoms with Gasteiger partial charge in [-0.25, -0.2) is 0 Å². The van der Waals surface area contributed by atoms with Crippen molar-refractivity contribution in [3.63, 3.8) is 0 Å². The van der Waals surface area contributed by atoms with Gasteiger partial charge in [0.25, 0.3) is 0 Å². The molecule has 2 aromatic carbocycles. The first-order chi connectivity index (χ1) is 14.6. The molecule has 6 nitrogen and oxygen atoms in total. The quantitative estimate of drug-likeness (QED) is 0.304. The molecule has 0 saturated carbocycles. The Bertz CT molecular complexity index is 1030. The number of ether oxygens (including phenoxy) is 1. The molecule has 8 heteroatoms. The van der Waals surface area contributed by atoms with Gasteiger partial charge in [0.05, 0.1) is 0 Å². The van der Waals surface area contributed by atoms with E-state index in [-0.39, 0.29) is 5.75 Å². The van der Waals surface area contributed by atoms with E-state index in [1.54, 1.807) is 30.0 Å². The maximum Gasteiger partial charge on any atom is 0.247 e. The summed E-state index contributed by atoms with van der Waals surface area (Å²) >= 11 is 5.13. The molecule has 0 aliphatic carbocycles. The molecule has 1 aromatic heterocycles. The smallest absolute Gasteiger partial charge is 0.247 e. The zero-order valence-electron chi connectivity index (χ0n) is 16.6. The Labute approximate surface area is 188 Å². The number of thioether (sulfide) groups is 1. The Kier molecular flexibility index (Phi) is 6.74. The number of phenolic OH excluding ortho intramolecular Hbond substituents is 1. The number of phenols is 1. The normalized spacial score (nSPS) is 14.8. The van der Waals surface area contributed by atoms with Crippen LogP contribution in [0.2, 0.25) is 0 Å². The van der Waals surface area contributed by atoms with Gasteiger partial charge in [0.1, 0.15) is 5.75 Å². The number of aromatic nitrogens is 3. The van der Waals surface area contributed by atoms with Crippen LogP contribution in [-0.2, 0) is 0 Å². The SMILES string of the molecule is CCCCCCSc1nnc2c(n1)O[C@@H](c1cccc(O)c1)Nc1ccc(Br)cc1-2. The number of aromatic hydroxyl groups is 1. The minimum Gasteiger partial charge on any atom is -0.508 e. The summed E-state index contributed by atoms with van der Waals surface area (Å²) in [7, 11) is 0. The Morgan fingerprint density at radius 1 is 1.13 bits per heavy atom. The topological polar surface area (TPSA) is 80.2 Å². The van der Waals surface area contributed by atoms with Gasteiger partial charge in [-0.3, -0.25) is 0 Å². The Morgan fingerprint density at radius 3 is 2.87 bits per heavy atom. The van der Waals surface area contributed by atoms with Gasteiger partial charge in [-0.05, 0) is 36.8 Å². The maximum absolute atomic E-state index is 9.91. The molecule has 4 rings (SSSR count). The molecule has 0 fully saturated rings. The Morgan fingerprint density at radius 2 is 2.03 bits per heavy atom. The van der Waals surface area contributed by atoms with Crippen LogP contribution in [0.25, 0.3) is 11.3 Å². The van der Waals surface area contributed by atoms with E-state index in [0.29, 0.717) is 16.7 Å². The summed E-state index contributed by atoms with van der Waals surface area (Å²) in [6.45, 7) is 2.21. The number of fused-ring (bicyclic) bond motifs is 3. The number of rotatable bonds is 7. The highest BCUT2D eigenvalue weighted by Crippen LogP contribution is 2.41. The van der Waals surface area contributed by atoms with Crippen molar-refractivity contribution in [1.29, 1.82) is 0 Å². The van der Waals surface area contributed by atoms with E-state index in [0.717, 1.165) is 33.5 Å². The van der Waals surface area contributed by atoms with E-state index in [9.17, 15) is 5.11 Å². The number of halogens is 1. The largest absolute Gasteiger partial charge is 0.508 e. The molecule has 1 aliphatic heterocycles. The van der Waals surface area contributed by atoms with Gasteiger partial charge < -0.3 is 15.2 Å². The van der Waals surface area contributed by atoms with Crippen LogP contribution >= 0.6 is 27.7 Å². The zero-order chi connectivity index (χ0) is 20.9. The molecule has 0 unspecified atom stereocenters. The van der Waals surface area contributed by atoms with E-state index in [1.807, 2.05) is 24.3 Å². The molecule has 0 amide bonds. The van der Waals surface area contributed by atoms with Gasteiger partial charge in [0, 0.05) is 27.0 Å². The van der Waals surface area contributed by atoms with Crippen molar-refractivity contribution in [2.24, 2.45) is 0 Å². The molecule has 156 valence electrons. The number of nitrogens with one attached hydrogen (secondary N) is 1. The van der Waals surface area contributed by atoms with Crippen LogP contribution in [0.4, 0.5) is 5.69 Å². The van der Waals surface area contributed by atoms with Gasteiger partial charge in [-0.2, -0.15) is 4.98 Å². The van der Waals surface area contributed by atoms with Crippen LogP contribution in [0.1, 0.15) is 44.4 Å². The third kappa shape index (κ3) is 4.87. The molecule has 0 bridgehead atoms. The first-order valence-electron chi connectivity index (χ1n) is 10.0. The lowest BCUT2D eigenvalue weighted by Gasteiger charge is -2.19. The van der Waals surface area contributed by atoms with Crippen molar-refractivity contribution in [3.05, 3.63) is 52.5 Å². The molecule has 2 heterocycles. The van der Waals surface area contributed by atoms with Gasteiger partial charge in [-0.1, -0.05) is 66.0 Å². The summed E-state index contributed by atoms with van der Waals surface area (Å²) in [6, 6.07) is 12.9. The number of unbranched alkanes of at least 4 members (excludes halogenated alkanes) is 3. The molecule has 0 radical (unpaired) electrons. The second-order valence-electron chi connectivity index (χ2n) is 7.08. The number of benzene rings is 2. The van der Waals surface area contributed by atoms with Crippen LogP contribution in [0.3, 0.4) is 0 Å². The summed E-state index contributed by atoms with van der Waals surface area (Å²) in [4.78, 5) is 4.67. The molecule has 1 atom stereocenters. The average molecular weight is 487 g/mol. The van der Waals surface area contributed by atoms with E-state index >= 15 is 0 Å². The van der Waals surface area contributed by atoms with Crippen molar-refractivity contribution >= 4 is 33.4 Å². The highest BCUT2D eigenvalue weighted by molar-refractivity contribution is 9.10. The zero-order valence-corrected chi connectivity index (χ0v) is 19.0. The standard InChI is InChI=1S/C22H23BrN4O2S/c1-2-3-4-5-11-30-22-25-21-19(26-27-22)17-13-15(23)9-10-18(17)24-20(29-21)14-7-6-8-16(28)12-14/h6-10,12-13,20,24,28H,2-5,11H2,1H3/t20-/m0/s1. The molecule has 2 N–H and O–H groups in total. The van der Waals surface area contributed by atoms with Crippen LogP contribution in [0.15, 0.2) is 52.1 Å². The predicted molar refractivity (Wildman–Crippen MR) is 123 cm³/mol. The van der Waals surface area contributed by atoms with Gasteiger partial charge >= 0.3 is 0 Å². The maximum atomic E-state index is 9.91. The lowest BCUT2D eigenvalue weighted by molar-refractivity contribution is 0.225. The molecule has 3 aromatic rings. The minimum atomic E-state index is -0.516. The van der Waals surface area contributed by atoms with Gasteiger partial charge in [0.2, 0.25) is 11.0 Å². The molecule has 0 saturated heterocycles. The lowest BCUT2D eigenvalue weighted by Crippen LogP contribution is -2.17. The highest BCUT2D eigenvalue weighted by atomic mass is 79.9. The molecule has 0 spiro atoms. The van der Waals surface area contributed by atoms with Crippen molar-refractivity contribution in [2.75, 3.05) is 11.1 Å². The van der Waals surface area contributed by atoms with Gasteiger partial charge in [0.15, 0.2) is 11.9 Å². The fourth-order valence-corrected chi connectivity index (χ4v) is 4.40. The van der Waals surface area contributed by atoms with Crippen LogP contribution in [0, 0.1) is 0 Å². The predicted octanol–water partition coefficient (Wildman–Crippen LogP) is 6.18. The minimum absolute atomic E-state index is 0.183. The molecular weight excluding hydrogens is 464 g/mol. The highest BCUT2D eigenvalue weighted by Gasteiger charge is 2.26. The number of hydrogen-bond donors (Lipinski definition) is 2. The van der Waals surface area contributed by atoms with Crippen molar-refractivity contribution in [2.45, 2.75) is 44.0 Å². The summed E-state index contributed by atoms with van der Waals surface area (Å²) in [5, 5.41) is 22.7. The fraction of sp³-hybridized carbons (Fsp3) is 0.318. The molecule has 1 aliphatic rings. The van der Waals surface area contributed by atoms with E-state index in [1.165, 1.54) is 19.3 Å². The van der Waals surface area contributed by atoms with Crippen molar-refractivity contribution in [1.82, 2.24) is 15.2 Å². The summed E-state index contributed by atoms with van der Waals surface area (Å²) in [6.07, 6.45) is 4.29. The second kappa shape index (κ2) is 9.66. The van der Waals surface area contributed by atoms with Crippen molar-refractivity contribution < 1.29 is 9.84 Å². The monoisotopic (exact) mass is 486 g/mol. The van der Waals surface area contributed by atoms with Crippen LogP contribution in [-0.4, -0.2) is 26.0 Å². The van der Waals surface area contributed by atoms with E-state index in [4.69, 9.17) is 4.74 Å². The summed E-state index contributed by atoms with van der Waals surface area (Å²) < 4.78 is 7.17. The number of anilines is 1. The van der Waals surface area contributed by atoms with Crippen LogP contribution < -0.4 is 10.1 Å². The molecular formula is C22H23BrN4O2S. The fourth-order valence-electron chi connectivity index (χ4n) is 3.26. The first-order valence-corrected chi connectivity index (χ1v) is 11.8. The van der Waals surface area contributed by atoms with E-state index in [2.05, 4.69) is 43.4 Å². The summed E-state index contributed by atoms with van der Waals surface area (Å²) in [5.41, 5.74) is 3.11. The second-order valence-corrected chi connectivity index (χ2v) is 9.06.